The number of rotatable bonds is 2. The molecule has 0 saturated heterocycles. The largest absolute Gasteiger partial charge is 0.384 e. The molecule has 0 atom stereocenters. The molecular formula is C15H17N3O. The summed E-state index contributed by atoms with van der Waals surface area (Å²) in [4.78, 5) is 18.1. The summed E-state index contributed by atoms with van der Waals surface area (Å²) < 4.78 is 0. The molecule has 0 aliphatic carbocycles. The van der Waals surface area contributed by atoms with Crippen molar-refractivity contribution in [1.29, 1.82) is 0 Å². The van der Waals surface area contributed by atoms with Crippen LogP contribution in [0.25, 0.3) is 0 Å². The number of amides is 1. The SMILES string of the molecule is Cc1cccc(N(C)C(=O)c2cc(C)nc(N)c2)c1. The Kier molecular flexibility index (Phi) is 3.51. The first-order chi connectivity index (χ1) is 8.97. The third kappa shape index (κ3) is 2.91. The lowest BCUT2D eigenvalue weighted by atomic mass is 10.1. The molecule has 1 heterocycles. The maximum atomic E-state index is 12.4. The fraction of sp³-hybridized carbons (Fsp3) is 0.200. The number of aryl methyl sites for hydroxylation is 2. The molecule has 0 spiro atoms. The zero-order chi connectivity index (χ0) is 14.0. The van der Waals surface area contributed by atoms with Gasteiger partial charge < -0.3 is 10.6 Å². The molecule has 19 heavy (non-hydrogen) atoms. The second kappa shape index (κ2) is 5.10. The van der Waals surface area contributed by atoms with E-state index < -0.39 is 0 Å². The van der Waals surface area contributed by atoms with E-state index in [0.29, 0.717) is 11.4 Å². The van der Waals surface area contributed by atoms with Crippen molar-refractivity contribution in [3.63, 3.8) is 0 Å². The first kappa shape index (κ1) is 13.1. The summed E-state index contributed by atoms with van der Waals surface area (Å²) in [6, 6.07) is 11.1. The molecule has 2 aromatic rings. The summed E-state index contributed by atoms with van der Waals surface area (Å²) in [6.45, 7) is 3.82. The molecule has 1 aromatic heterocycles. The highest BCUT2D eigenvalue weighted by Crippen LogP contribution is 2.18. The molecular weight excluding hydrogens is 238 g/mol. The highest BCUT2D eigenvalue weighted by atomic mass is 16.2. The number of hydrogen-bond acceptors (Lipinski definition) is 3. The van der Waals surface area contributed by atoms with E-state index in [4.69, 9.17) is 5.73 Å². The molecule has 0 fully saturated rings. The second-order valence-electron chi connectivity index (χ2n) is 4.63. The van der Waals surface area contributed by atoms with Crippen molar-refractivity contribution in [2.24, 2.45) is 0 Å². The number of nitrogens with zero attached hydrogens (tertiary/aromatic N) is 2. The number of carbonyl (C=O) groups is 1. The average molecular weight is 255 g/mol. The minimum absolute atomic E-state index is 0.0946. The van der Waals surface area contributed by atoms with Crippen molar-refractivity contribution >= 4 is 17.4 Å². The van der Waals surface area contributed by atoms with Crippen LogP contribution >= 0.6 is 0 Å². The Balaban J connectivity index is 2.33. The molecule has 0 aliphatic heterocycles. The van der Waals surface area contributed by atoms with Gasteiger partial charge in [-0.25, -0.2) is 4.98 Å². The Morgan fingerprint density at radius 1 is 1.21 bits per heavy atom. The Hall–Kier alpha value is -2.36. The predicted molar refractivity (Wildman–Crippen MR) is 77.3 cm³/mol. The number of aromatic nitrogens is 1. The minimum atomic E-state index is -0.0946. The molecule has 2 rings (SSSR count). The van der Waals surface area contributed by atoms with Crippen molar-refractivity contribution in [1.82, 2.24) is 4.98 Å². The van der Waals surface area contributed by atoms with Gasteiger partial charge in [-0.15, -0.1) is 0 Å². The summed E-state index contributed by atoms with van der Waals surface area (Å²) in [6.07, 6.45) is 0. The van der Waals surface area contributed by atoms with E-state index >= 15 is 0 Å². The van der Waals surface area contributed by atoms with Crippen LogP contribution in [0.1, 0.15) is 21.6 Å². The Morgan fingerprint density at radius 2 is 1.95 bits per heavy atom. The Labute approximate surface area is 112 Å². The maximum Gasteiger partial charge on any atom is 0.258 e. The third-order valence-electron chi connectivity index (χ3n) is 2.91. The van der Waals surface area contributed by atoms with Gasteiger partial charge in [0.05, 0.1) is 0 Å². The fourth-order valence-electron chi connectivity index (χ4n) is 1.97. The lowest BCUT2D eigenvalue weighted by Crippen LogP contribution is -2.26. The minimum Gasteiger partial charge on any atom is -0.384 e. The fourth-order valence-corrected chi connectivity index (χ4v) is 1.97. The molecule has 0 bridgehead atoms. The van der Waals surface area contributed by atoms with E-state index in [9.17, 15) is 4.79 Å². The van der Waals surface area contributed by atoms with E-state index in [0.717, 1.165) is 16.9 Å². The Bertz CT molecular complexity index is 602. The molecule has 98 valence electrons. The second-order valence-corrected chi connectivity index (χ2v) is 4.63. The topological polar surface area (TPSA) is 59.2 Å². The number of benzene rings is 1. The highest BCUT2D eigenvalue weighted by Gasteiger charge is 2.14. The van der Waals surface area contributed by atoms with Crippen molar-refractivity contribution in [2.75, 3.05) is 17.7 Å². The van der Waals surface area contributed by atoms with Crippen LogP contribution in [0, 0.1) is 13.8 Å². The molecule has 0 aliphatic rings. The summed E-state index contributed by atoms with van der Waals surface area (Å²) in [5, 5.41) is 0. The normalized spacial score (nSPS) is 10.3. The van der Waals surface area contributed by atoms with Gasteiger partial charge >= 0.3 is 0 Å². The monoisotopic (exact) mass is 255 g/mol. The molecule has 2 N–H and O–H groups in total. The van der Waals surface area contributed by atoms with Gasteiger partial charge in [0.25, 0.3) is 5.91 Å². The van der Waals surface area contributed by atoms with Crippen LogP contribution in [0.2, 0.25) is 0 Å². The number of carbonyl (C=O) groups excluding carboxylic acids is 1. The number of nitrogen functional groups attached to an aromatic ring is 1. The van der Waals surface area contributed by atoms with E-state index in [1.54, 1.807) is 24.1 Å². The van der Waals surface area contributed by atoms with Crippen LogP contribution in [0.15, 0.2) is 36.4 Å². The van der Waals surface area contributed by atoms with Crippen LogP contribution in [0.5, 0.6) is 0 Å². The molecule has 0 saturated carbocycles. The van der Waals surface area contributed by atoms with Gasteiger partial charge in [0.15, 0.2) is 0 Å². The van der Waals surface area contributed by atoms with Crippen LogP contribution in [0.4, 0.5) is 11.5 Å². The molecule has 0 radical (unpaired) electrons. The van der Waals surface area contributed by atoms with Crippen LogP contribution in [0.3, 0.4) is 0 Å². The van der Waals surface area contributed by atoms with Gasteiger partial charge in [-0.3, -0.25) is 4.79 Å². The summed E-state index contributed by atoms with van der Waals surface area (Å²) >= 11 is 0. The smallest absolute Gasteiger partial charge is 0.258 e. The molecule has 4 heteroatoms. The molecule has 4 nitrogen and oxygen atoms in total. The molecule has 1 aromatic carbocycles. The quantitative estimate of drug-likeness (QED) is 0.897. The zero-order valence-electron chi connectivity index (χ0n) is 11.3. The van der Waals surface area contributed by atoms with Crippen molar-refractivity contribution in [3.05, 3.63) is 53.2 Å². The van der Waals surface area contributed by atoms with Gasteiger partial charge in [0.2, 0.25) is 0 Å². The molecule has 0 unspecified atom stereocenters. The van der Waals surface area contributed by atoms with Crippen molar-refractivity contribution in [3.8, 4) is 0 Å². The van der Waals surface area contributed by atoms with Gasteiger partial charge in [0.1, 0.15) is 5.82 Å². The lowest BCUT2D eigenvalue weighted by Gasteiger charge is -2.18. The Morgan fingerprint density at radius 3 is 2.58 bits per heavy atom. The maximum absolute atomic E-state index is 12.4. The average Bonchev–Trinajstić information content (AvgIpc) is 2.36. The molecule has 1 amide bonds. The predicted octanol–water partition coefficient (Wildman–Crippen LogP) is 2.56. The van der Waals surface area contributed by atoms with E-state index in [1.165, 1.54) is 0 Å². The highest BCUT2D eigenvalue weighted by molar-refractivity contribution is 6.06. The van der Waals surface area contributed by atoms with Gasteiger partial charge in [0, 0.05) is 24.0 Å². The standard InChI is InChI=1S/C15H17N3O/c1-10-5-4-6-13(7-10)18(3)15(19)12-8-11(2)17-14(16)9-12/h4-9H,1-3H3,(H2,16,17). The number of anilines is 2. The van der Waals surface area contributed by atoms with Crippen molar-refractivity contribution in [2.45, 2.75) is 13.8 Å². The number of hydrogen-bond donors (Lipinski definition) is 1. The third-order valence-corrected chi connectivity index (χ3v) is 2.91. The van der Waals surface area contributed by atoms with Crippen molar-refractivity contribution < 1.29 is 4.79 Å². The summed E-state index contributed by atoms with van der Waals surface area (Å²) in [5.41, 5.74) is 8.94. The first-order valence-corrected chi connectivity index (χ1v) is 6.06. The lowest BCUT2D eigenvalue weighted by molar-refractivity contribution is 0.0993. The van der Waals surface area contributed by atoms with Gasteiger partial charge in [-0.2, -0.15) is 0 Å². The van der Waals surface area contributed by atoms with Crippen LogP contribution in [-0.2, 0) is 0 Å². The number of nitrogens with two attached hydrogens (primary N) is 1. The van der Waals surface area contributed by atoms with Crippen LogP contribution in [-0.4, -0.2) is 17.9 Å². The van der Waals surface area contributed by atoms with E-state index in [-0.39, 0.29) is 5.91 Å². The number of pyridine rings is 1. The summed E-state index contributed by atoms with van der Waals surface area (Å²) in [5.74, 6) is 0.267. The van der Waals surface area contributed by atoms with Gasteiger partial charge in [-0.05, 0) is 43.7 Å². The van der Waals surface area contributed by atoms with E-state index in [2.05, 4.69) is 4.98 Å². The van der Waals surface area contributed by atoms with Crippen LogP contribution < -0.4 is 10.6 Å². The van der Waals surface area contributed by atoms with E-state index in [1.807, 2.05) is 38.1 Å². The zero-order valence-corrected chi connectivity index (χ0v) is 11.3. The summed E-state index contributed by atoms with van der Waals surface area (Å²) in [7, 11) is 1.75. The van der Waals surface area contributed by atoms with Gasteiger partial charge in [-0.1, -0.05) is 12.1 Å². The first-order valence-electron chi connectivity index (χ1n) is 6.06.